The van der Waals surface area contributed by atoms with Gasteiger partial charge in [0.1, 0.15) is 5.94 Å². The molecule has 0 saturated heterocycles. The number of nitrogens with one attached hydrogen (secondary N) is 1. The van der Waals surface area contributed by atoms with Gasteiger partial charge in [0.2, 0.25) is 0 Å². The normalized spacial score (nSPS) is 8.40. The Labute approximate surface area is 61.5 Å². The van der Waals surface area contributed by atoms with Crippen molar-refractivity contribution in [1.29, 1.82) is 5.41 Å². The zero-order valence-electron chi connectivity index (χ0n) is 5.94. The number of allylic oxidation sites excluding steroid dienone is 1. The topological polar surface area (TPSA) is 40.9 Å². The van der Waals surface area contributed by atoms with Gasteiger partial charge in [-0.3, -0.25) is 0 Å². The van der Waals surface area contributed by atoms with Crippen LogP contribution in [0.15, 0.2) is 0 Å². The van der Waals surface area contributed by atoms with E-state index in [9.17, 15) is 4.79 Å². The van der Waals surface area contributed by atoms with Crippen molar-refractivity contribution in [3.8, 4) is 0 Å². The molecular weight excluding hydrogens is 126 g/mol. The minimum atomic E-state index is 0.696. The molecule has 0 aliphatic carbocycles. The van der Waals surface area contributed by atoms with Crippen molar-refractivity contribution in [1.82, 2.24) is 0 Å². The smallest absolute Gasteiger partial charge is 0.128 e. The maximum absolute atomic E-state index is 9.62. The fourth-order valence-electron chi connectivity index (χ4n) is 0.655. The van der Waals surface area contributed by atoms with Crippen molar-refractivity contribution in [2.24, 2.45) is 0 Å². The summed E-state index contributed by atoms with van der Waals surface area (Å²) in [4.78, 5) is 9.62. The van der Waals surface area contributed by atoms with Crippen LogP contribution in [0.3, 0.4) is 0 Å². The summed E-state index contributed by atoms with van der Waals surface area (Å²) >= 11 is 0. The van der Waals surface area contributed by atoms with Gasteiger partial charge in [-0.2, -0.15) is 0 Å². The maximum Gasteiger partial charge on any atom is 0.128 e. The number of hydrogen-bond donors (Lipinski definition) is 1. The Morgan fingerprint density at radius 1 is 1.10 bits per heavy atom. The number of unbranched alkanes of at least 4 members (excludes halogenated alkanes) is 4. The van der Waals surface area contributed by atoms with Gasteiger partial charge in [-0.1, -0.05) is 6.42 Å². The van der Waals surface area contributed by atoms with Crippen molar-refractivity contribution in [3.63, 3.8) is 0 Å². The van der Waals surface area contributed by atoms with E-state index in [4.69, 9.17) is 5.41 Å². The molecule has 0 aromatic carbocycles. The van der Waals surface area contributed by atoms with E-state index in [-0.39, 0.29) is 0 Å². The van der Waals surface area contributed by atoms with Gasteiger partial charge in [-0.15, -0.1) is 0 Å². The summed E-state index contributed by atoms with van der Waals surface area (Å²) in [6, 6.07) is 0. The number of hydrogen-bond acceptors (Lipinski definition) is 2. The Bertz CT molecular complexity index is 125. The van der Waals surface area contributed by atoms with Crippen molar-refractivity contribution >= 4 is 12.2 Å². The predicted octanol–water partition coefficient (Wildman–Crippen LogP) is 1.65. The Morgan fingerprint density at radius 2 is 1.80 bits per heavy atom. The van der Waals surface area contributed by atoms with Crippen molar-refractivity contribution in [2.45, 2.75) is 32.1 Å². The van der Waals surface area contributed by atoms with Gasteiger partial charge >= 0.3 is 0 Å². The van der Waals surface area contributed by atoms with Crippen LogP contribution in [0.1, 0.15) is 32.1 Å². The van der Waals surface area contributed by atoms with E-state index in [1.54, 1.807) is 5.94 Å². The first-order valence-electron chi connectivity index (χ1n) is 3.41. The van der Waals surface area contributed by atoms with Crippen LogP contribution in [-0.2, 0) is 4.79 Å². The summed E-state index contributed by atoms with van der Waals surface area (Å²) in [7, 11) is 0. The van der Waals surface area contributed by atoms with Crippen molar-refractivity contribution in [2.75, 3.05) is 0 Å². The van der Waals surface area contributed by atoms with Crippen LogP contribution in [0.2, 0.25) is 0 Å². The molecule has 0 aromatic rings. The summed E-state index contributed by atoms with van der Waals surface area (Å²) in [6.45, 7) is 0. The number of rotatable bonds is 6. The van der Waals surface area contributed by atoms with E-state index in [0.29, 0.717) is 6.42 Å². The number of carbonyl (C=O) groups excluding carboxylic acids is 1. The molecule has 0 rings (SSSR count). The molecule has 10 heavy (non-hydrogen) atoms. The average molecular weight is 137 g/mol. The van der Waals surface area contributed by atoms with Gasteiger partial charge in [-0.05, 0) is 25.7 Å². The van der Waals surface area contributed by atoms with E-state index in [1.165, 1.54) is 0 Å². The SMILES string of the molecule is N=[C]CCCCC[C]=C=O. The minimum Gasteiger partial charge on any atom is -0.303 e. The highest BCUT2D eigenvalue weighted by atomic mass is 16.1. The van der Waals surface area contributed by atoms with E-state index < -0.39 is 0 Å². The zero-order valence-corrected chi connectivity index (χ0v) is 5.94. The highest BCUT2D eigenvalue weighted by Gasteiger charge is 1.85. The third-order valence-electron chi connectivity index (χ3n) is 1.18. The zero-order chi connectivity index (χ0) is 7.66. The summed E-state index contributed by atoms with van der Waals surface area (Å²) < 4.78 is 0. The maximum atomic E-state index is 9.62. The molecule has 0 spiro atoms. The Balaban J connectivity index is 2.90. The molecule has 2 nitrogen and oxygen atoms in total. The largest absolute Gasteiger partial charge is 0.303 e. The van der Waals surface area contributed by atoms with Crippen LogP contribution in [0.5, 0.6) is 0 Å². The van der Waals surface area contributed by atoms with Crippen molar-refractivity contribution < 1.29 is 4.79 Å². The second-order valence-corrected chi connectivity index (χ2v) is 2.02. The lowest BCUT2D eigenvalue weighted by Crippen LogP contribution is -1.77. The molecule has 2 heteroatoms. The highest BCUT2D eigenvalue weighted by Crippen LogP contribution is 2.00. The van der Waals surface area contributed by atoms with Gasteiger partial charge in [0.15, 0.2) is 0 Å². The molecule has 0 unspecified atom stereocenters. The molecule has 54 valence electrons. The molecular formula is C8H11NO. The Kier molecular flexibility index (Phi) is 7.41. The van der Waals surface area contributed by atoms with Crippen LogP contribution < -0.4 is 0 Å². The molecule has 1 N–H and O–H groups in total. The summed E-state index contributed by atoms with van der Waals surface area (Å²) in [5.41, 5.74) is 0. The van der Waals surface area contributed by atoms with Gasteiger partial charge in [0.25, 0.3) is 0 Å². The first-order chi connectivity index (χ1) is 4.91. The van der Waals surface area contributed by atoms with Gasteiger partial charge in [-0.25, -0.2) is 4.79 Å². The predicted molar refractivity (Wildman–Crippen MR) is 39.7 cm³/mol. The van der Waals surface area contributed by atoms with E-state index in [2.05, 4.69) is 12.3 Å². The first kappa shape index (κ1) is 9.12. The molecule has 0 heterocycles. The third-order valence-corrected chi connectivity index (χ3v) is 1.18. The highest BCUT2D eigenvalue weighted by molar-refractivity contribution is 5.52. The molecule has 0 aliphatic rings. The minimum absolute atomic E-state index is 0.696. The molecule has 0 aliphatic heterocycles. The van der Waals surface area contributed by atoms with Crippen LogP contribution in [0.4, 0.5) is 0 Å². The monoisotopic (exact) mass is 137 g/mol. The van der Waals surface area contributed by atoms with Gasteiger partial charge in [0, 0.05) is 0 Å². The van der Waals surface area contributed by atoms with Crippen LogP contribution in [0, 0.1) is 11.5 Å². The Hall–Kier alpha value is -0.880. The lowest BCUT2D eigenvalue weighted by Gasteiger charge is -1.90. The average Bonchev–Trinajstić information content (AvgIpc) is 1.97. The fourth-order valence-corrected chi connectivity index (χ4v) is 0.655. The van der Waals surface area contributed by atoms with Gasteiger partial charge in [0.05, 0.1) is 12.3 Å². The molecule has 0 saturated carbocycles. The summed E-state index contributed by atoms with van der Waals surface area (Å²) in [5, 5.41) is 6.59. The molecule has 0 fully saturated rings. The van der Waals surface area contributed by atoms with Crippen LogP contribution in [-0.4, -0.2) is 12.2 Å². The molecule has 0 atom stereocenters. The fraction of sp³-hybridized carbons (Fsp3) is 0.625. The second kappa shape index (κ2) is 8.12. The second-order valence-electron chi connectivity index (χ2n) is 2.02. The van der Waals surface area contributed by atoms with E-state index in [1.807, 2.05) is 0 Å². The summed E-state index contributed by atoms with van der Waals surface area (Å²) in [6.07, 6.45) is 9.19. The summed E-state index contributed by atoms with van der Waals surface area (Å²) in [5.74, 6) is 1.61. The molecule has 0 amide bonds. The lowest BCUT2D eigenvalue weighted by atomic mass is 10.1. The van der Waals surface area contributed by atoms with Crippen LogP contribution >= 0.6 is 0 Å². The molecule has 2 radical (unpaired) electrons. The van der Waals surface area contributed by atoms with E-state index >= 15 is 0 Å². The Morgan fingerprint density at radius 3 is 2.40 bits per heavy atom. The quantitative estimate of drug-likeness (QED) is 0.337. The standard InChI is InChI=1S/C8H11NO/c9-7-5-3-1-2-4-6-8-10/h9H,1-5H2. The first-order valence-corrected chi connectivity index (χ1v) is 3.41. The lowest BCUT2D eigenvalue weighted by molar-refractivity contribution is 0.566. The molecule has 0 bridgehead atoms. The van der Waals surface area contributed by atoms with E-state index in [0.717, 1.165) is 25.7 Å². The van der Waals surface area contributed by atoms with Crippen molar-refractivity contribution in [3.05, 3.63) is 6.08 Å². The molecule has 0 aromatic heterocycles. The van der Waals surface area contributed by atoms with Gasteiger partial charge < -0.3 is 5.41 Å². The third kappa shape index (κ3) is 7.12. The van der Waals surface area contributed by atoms with Crippen LogP contribution in [0.25, 0.3) is 0 Å².